The first-order valence-corrected chi connectivity index (χ1v) is 8.02. The number of amides is 1. The topological polar surface area (TPSA) is 77.0 Å². The summed E-state index contributed by atoms with van der Waals surface area (Å²) in [6, 6.07) is 16.7. The van der Waals surface area contributed by atoms with Gasteiger partial charge >= 0.3 is 0 Å². The van der Waals surface area contributed by atoms with E-state index in [0.717, 1.165) is 10.0 Å². The van der Waals surface area contributed by atoms with Gasteiger partial charge in [0.25, 0.3) is 0 Å². The molecule has 2 aromatic carbocycles. The molecule has 6 heteroatoms. The number of nitrogens with zero attached hydrogens (tertiary/aromatic N) is 1. The average molecular weight is 371 g/mol. The molecular weight excluding hydrogens is 356 g/mol. The number of halogens is 1. The Morgan fingerprint density at radius 2 is 2.00 bits per heavy atom. The Hall–Kier alpha value is -2.20. The molecule has 1 heterocycles. The van der Waals surface area contributed by atoms with Crippen LogP contribution in [0.1, 0.15) is 23.6 Å². The highest BCUT2D eigenvalue weighted by atomic mass is 79.9. The van der Waals surface area contributed by atoms with Gasteiger partial charge in [0.1, 0.15) is 6.04 Å². The molecule has 0 aromatic heterocycles. The van der Waals surface area contributed by atoms with Crippen LogP contribution in [0.25, 0.3) is 0 Å². The second kappa shape index (κ2) is 6.92. The summed E-state index contributed by atoms with van der Waals surface area (Å²) in [5.74, 6) is -0.118. The maximum absolute atomic E-state index is 12.3. The van der Waals surface area contributed by atoms with Crippen LogP contribution in [0.2, 0.25) is 0 Å². The van der Waals surface area contributed by atoms with Gasteiger partial charge < -0.3 is 5.32 Å². The maximum Gasteiger partial charge on any atom is 0.242 e. The summed E-state index contributed by atoms with van der Waals surface area (Å²) in [5.41, 5.74) is 8.46. The SMILES string of the molecule is N#Cc1cccc(NC(=O)C2CC(c3ccc(Br)cc3)NN2)c1. The number of carbonyl (C=O) groups excluding carboxylic acids is 1. The van der Waals surface area contributed by atoms with Crippen LogP contribution in [0.4, 0.5) is 5.69 Å². The Labute approximate surface area is 142 Å². The summed E-state index contributed by atoms with van der Waals surface area (Å²) < 4.78 is 1.03. The van der Waals surface area contributed by atoms with Gasteiger partial charge in [-0.25, -0.2) is 10.9 Å². The molecule has 1 aliphatic rings. The first-order valence-electron chi connectivity index (χ1n) is 7.23. The highest BCUT2D eigenvalue weighted by molar-refractivity contribution is 9.10. The molecule has 1 fully saturated rings. The molecule has 0 aliphatic carbocycles. The van der Waals surface area contributed by atoms with E-state index in [2.05, 4.69) is 38.2 Å². The van der Waals surface area contributed by atoms with Crippen molar-refractivity contribution in [2.75, 3.05) is 5.32 Å². The van der Waals surface area contributed by atoms with E-state index in [0.29, 0.717) is 17.7 Å². The molecule has 23 heavy (non-hydrogen) atoms. The third-order valence-electron chi connectivity index (χ3n) is 3.75. The predicted molar refractivity (Wildman–Crippen MR) is 91.3 cm³/mol. The van der Waals surface area contributed by atoms with E-state index in [-0.39, 0.29) is 18.0 Å². The van der Waals surface area contributed by atoms with E-state index >= 15 is 0 Å². The molecule has 0 spiro atoms. The van der Waals surface area contributed by atoms with Crippen molar-refractivity contribution in [1.29, 1.82) is 5.26 Å². The third kappa shape index (κ3) is 3.77. The molecule has 0 radical (unpaired) electrons. The Kier molecular flexibility index (Phi) is 4.72. The van der Waals surface area contributed by atoms with E-state index in [9.17, 15) is 4.79 Å². The van der Waals surface area contributed by atoms with Crippen LogP contribution in [-0.4, -0.2) is 11.9 Å². The standard InChI is InChI=1S/C17H15BrN4O/c18-13-6-4-12(5-7-13)15-9-16(22-21-15)17(23)20-14-3-1-2-11(8-14)10-19/h1-8,15-16,21-22H,9H2,(H,20,23). The van der Waals surface area contributed by atoms with E-state index in [1.807, 2.05) is 24.3 Å². The number of nitriles is 1. The van der Waals surface area contributed by atoms with Crippen LogP contribution in [0, 0.1) is 11.3 Å². The molecule has 2 unspecified atom stereocenters. The van der Waals surface area contributed by atoms with Crippen LogP contribution in [0.3, 0.4) is 0 Å². The van der Waals surface area contributed by atoms with Gasteiger partial charge in [0.05, 0.1) is 11.6 Å². The Morgan fingerprint density at radius 3 is 2.74 bits per heavy atom. The van der Waals surface area contributed by atoms with Gasteiger partial charge in [-0.1, -0.05) is 34.1 Å². The van der Waals surface area contributed by atoms with E-state index in [1.54, 1.807) is 24.3 Å². The second-order valence-electron chi connectivity index (χ2n) is 5.36. The highest BCUT2D eigenvalue weighted by Gasteiger charge is 2.30. The lowest BCUT2D eigenvalue weighted by Gasteiger charge is -2.11. The molecule has 2 atom stereocenters. The number of nitrogens with one attached hydrogen (secondary N) is 3. The van der Waals surface area contributed by atoms with Crippen LogP contribution in [-0.2, 0) is 4.79 Å². The van der Waals surface area contributed by atoms with Gasteiger partial charge in [-0.15, -0.1) is 0 Å². The molecule has 1 saturated heterocycles. The lowest BCUT2D eigenvalue weighted by atomic mass is 10.0. The summed E-state index contributed by atoms with van der Waals surface area (Å²) in [4.78, 5) is 12.3. The van der Waals surface area contributed by atoms with Gasteiger partial charge in [-0.3, -0.25) is 4.79 Å². The summed E-state index contributed by atoms with van der Waals surface area (Å²) in [5, 5.41) is 11.7. The van der Waals surface area contributed by atoms with Crippen molar-refractivity contribution in [2.24, 2.45) is 0 Å². The fourth-order valence-corrected chi connectivity index (χ4v) is 2.80. The first kappa shape index (κ1) is 15.7. The molecule has 116 valence electrons. The van der Waals surface area contributed by atoms with E-state index in [1.165, 1.54) is 0 Å². The van der Waals surface area contributed by atoms with Gasteiger partial charge in [-0.05, 0) is 42.3 Å². The molecule has 0 saturated carbocycles. The van der Waals surface area contributed by atoms with Crippen molar-refractivity contribution >= 4 is 27.5 Å². The number of rotatable bonds is 3. The fourth-order valence-electron chi connectivity index (χ4n) is 2.54. The second-order valence-corrected chi connectivity index (χ2v) is 6.28. The fraction of sp³-hybridized carbons (Fsp3) is 0.176. The van der Waals surface area contributed by atoms with Crippen molar-refractivity contribution < 1.29 is 4.79 Å². The molecule has 3 rings (SSSR count). The van der Waals surface area contributed by atoms with E-state index < -0.39 is 0 Å². The molecule has 1 amide bonds. The van der Waals surface area contributed by atoms with Crippen molar-refractivity contribution in [3.8, 4) is 6.07 Å². The highest BCUT2D eigenvalue weighted by Crippen LogP contribution is 2.24. The molecule has 3 N–H and O–H groups in total. The summed E-state index contributed by atoms with van der Waals surface area (Å²) in [7, 11) is 0. The van der Waals surface area contributed by atoms with Gasteiger partial charge in [0, 0.05) is 16.2 Å². The third-order valence-corrected chi connectivity index (χ3v) is 4.28. The smallest absolute Gasteiger partial charge is 0.242 e. The summed E-state index contributed by atoms with van der Waals surface area (Å²) in [6.45, 7) is 0. The Bertz CT molecular complexity index is 754. The number of anilines is 1. The minimum atomic E-state index is -0.325. The zero-order valence-electron chi connectivity index (χ0n) is 12.2. The van der Waals surface area contributed by atoms with Crippen LogP contribution < -0.4 is 16.2 Å². The molecule has 0 bridgehead atoms. The van der Waals surface area contributed by atoms with Crippen molar-refractivity contribution in [3.05, 3.63) is 64.1 Å². The van der Waals surface area contributed by atoms with Crippen LogP contribution in [0.15, 0.2) is 53.0 Å². The lowest BCUT2D eigenvalue weighted by Crippen LogP contribution is -2.39. The number of hydrogen-bond acceptors (Lipinski definition) is 4. The average Bonchev–Trinajstić information content (AvgIpc) is 3.06. The number of hydrogen-bond donors (Lipinski definition) is 3. The quantitative estimate of drug-likeness (QED) is 0.776. The molecule has 5 nitrogen and oxygen atoms in total. The van der Waals surface area contributed by atoms with Crippen molar-refractivity contribution in [2.45, 2.75) is 18.5 Å². The normalized spacial score (nSPS) is 20.0. The number of carbonyl (C=O) groups is 1. The summed E-state index contributed by atoms with van der Waals surface area (Å²) >= 11 is 3.41. The van der Waals surface area contributed by atoms with Gasteiger partial charge in [-0.2, -0.15) is 5.26 Å². The van der Waals surface area contributed by atoms with Crippen molar-refractivity contribution in [1.82, 2.24) is 10.9 Å². The monoisotopic (exact) mass is 370 g/mol. The maximum atomic E-state index is 12.3. The van der Waals surface area contributed by atoms with Crippen LogP contribution >= 0.6 is 15.9 Å². The predicted octanol–water partition coefficient (Wildman–Crippen LogP) is 2.87. The first-order chi connectivity index (χ1) is 11.2. The molecule has 2 aromatic rings. The zero-order chi connectivity index (χ0) is 16.2. The minimum absolute atomic E-state index is 0.0873. The molecule has 1 aliphatic heterocycles. The summed E-state index contributed by atoms with van der Waals surface area (Å²) in [6.07, 6.45) is 0.658. The number of benzene rings is 2. The Morgan fingerprint density at radius 1 is 1.22 bits per heavy atom. The van der Waals surface area contributed by atoms with Gasteiger partial charge in [0.2, 0.25) is 5.91 Å². The number of hydrazine groups is 1. The largest absolute Gasteiger partial charge is 0.325 e. The van der Waals surface area contributed by atoms with Crippen LogP contribution in [0.5, 0.6) is 0 Å². The lowest BCUT2D eigenvalue weighted by molar-refractivity contribution is -0.117. The Balaban J connectivity index is 1.63. The zero-order valence-corrected chi connectivity index (χ0v) is 13.8. The minimum Gasteiger partial charge on any atom is -0.325 e. The van der Waals surface area contributed by atoms with E-state index in [4.69, 9.17) is 5.26 Å². The van der Waals surface area contributed by atoms with Gasteiger partial charge in [0.15, 0.2) is 0 Å². The van der Waals surface area contributed by atoms with Crippen molar-refractivity contribution in [3.63, 3.8) is 0 Å². The molecular formula is C17H15BrN4O.